The minimum Gasteiger partial charge on any atom is -0.380 e. The maximum Gasteiger partial charge on any atom is 0.127 e. The third-order valence-corrected chi connectivity index (χ3v) is 3.15. The van der Waals surface area contributed by atoms with E-state index in [1.165, 1.54) is 6.07 Å². The number of halogens is 2. The first-order chi connectivity index (χ1) is 7.58. The lowest BCUT2D eigenvalue weighted by atomic mass is 10.0. The van der Waals surface area contributed by atoms with Crippen LogP contribution in [-0.4, -0.2) is 19.3 Å². The van der Waals surface area contributed by atoms with Gasteiger partial charge in [-0.05, 0) is 30.5 Å². The molecule has 0 fully saturated rings. The van der Waals surface area contributed by atoms with E-state index in [2.05, 4.69) is 15.9 Å². The van der Waals surface area contributed by atoms with Gasteiger partial charge in [0.15, 0.2) is 0 Å². The Kier molecular flexibility index (Phi) is 5.38. The summed E-state index contributed by atoms with van der Waals surface area (Å²) in [5, 5.41) is 0. The van der Waals surface area contributed by atoms with E-state index in [4.69, 9.17) is 10.5 Å². The van der Waals surface area contributed by atoms with Crippen molar-refractivity contribution in [2.75, 3.05) is 7.11 Å². The molecule has 0 bridgehead atoms. The first kappa shape index (κ1) is 13.6. The molecule has 0 aliphatic carbocycles. The van der Waals surface area contributed by atoms with Crippen LogP contribution in [0, 0.1) is 5.82 Å². The van der Waals surface area contributed by atoms with Crippen LogP contribution >= 0.6 is 15.9 Å². The van der Waals surface area contributed by atoms with Crippen molar-refractivity contribution < 1.29 is 9.13 Å². The Morgan fingerprint density at radius 1 is 1.50 bits per heavy atom. The monoisotopic (exact) mass is 289 g/mol. The lowest BCUT2D eigenvalue weighted by Gasteiger charge is -2.21. The van der Waals surface area contributed by atoms with Gasteiger partial charge in [-0.1, -0.05) is 28.9 Å². The van der Waals surface area contributed by atoms with Crippen LogP contribution in [-0.2, 0) is 11.2 Å². The molecule has 1 aromatic carbocycles. The molecule has 2 atom stereocenters. The zero-order valence-corrected chi connectivity index (χ0v) is 11.1. The van der Waals surface area contributed by atoms with Crippen LogP contribution in [0.3, 0.4) is 0 Å². The summed E-state index contributed by atoms with van der Waals surface area (Å²) < 4.78 is 19.5. The molecule has 0 radical (unpaired) electrons. The van der Waals surface area contributed by atoms with Crippen LogP contribution < -0.4 is 5.73 Å². The summed E-state index contributed by atoms with van der Waals surface area (Å²) >= 11 is 3.22. The van der Waals surface area contributed by atoms with Gasteiger partial charge in [0.25, 0.3) is 0 Å². The van der Waals surface area contributed by atoms with E-state index in [0.717, 1.165) is 10.9 Å². The van der Waals surface area contributed by atoms with Crippen molar-refractivity contribution in [3.05, 3.63) is 34.1 Å². The topological polar surface area (TPSA) is 35.2 Å². The summed E-state index contributed by atoms with van der Waals surface area (Å²) in [6.07, 6.45) is 1.30. The zero-order chi connectivity index (χ0) is 12.1. The number of hydrogen-bond donors (Lipinski definition) is 1. The second-order valence-corrected chi connectivity index (χ2v) is 4.70. The van der Waals surface area contributed by atoms with Gasteiger partial charge in [-0.15, -0.1) is 0 Å². The Hall–Kier alpha value is -0.450. The number of rotatable bonds is 5. The molecule has 1 aromatic rings. The molecule has 90 valence electrons. The number of nitrogens with two attached hydrogens (primary N) is 1. The highest BCUT2D eigenvalue weighted by molar-refractivity contribution is 9.10. The Balaban J connectivity index is 2.72. The maximum atomic E-state index is 13.6. The van der Waals surface area contributed by atoms with E-state index in [1.807, 2.05) is 13.0 Å². The quantitative estimate of drug-likeness (QED) is 0.905. The van der Waals surface area contributed by atoms with E-state index >= 15 is 0 Å². The maximum absolute atomic E-state index is 13.6. The smallest absolute Gasteiger partial charge is 0.127 e. The van der Waals surface area contributed by atoms with Crippen molar-refractivity contribution in [1.82, 2.24) is 0 Å². The minimum absolute atomic E-state index is 0.0250. The van der Waals surface area contributed by atoms with Crippen molar-refractivity contribution in [2.24, 2.45) is 5.73 Å². The summed E-state index contributed by atoms with van der Waals surface area (Å²) in [4.78, 5) is 0. The molecule has 0 heterocycles. The van der Waals surface area contributed by atoms with Gasteiger partial charge in [0.1, 0.15) is 5.82 Å². The normalized spacial score (nSPS) is 14.8. The van der Waals surface area contributed by atoms with Gasteiger partial charge in [0, 0.05) is 17.6 Å². The lowest BCUT2D eigenvalue weighted by Crippen LogP contribution is -2.37. The third kappa shape index (κ3) is 3.54. The van der Waals surface area contributed by atoms with E-state index in [1.54, 1.807) is 13.2 Å². The fourth-order valence-corrected chi connectivity index (χ4v) is 2.05. The van der Waals surface area contributed by atoms with Crippen LogP contribution in [0.25, 0.3) is 0 Å². The van der Waals surface area contributed by atoms with E-state index in [0.29, 0.717) is 12.0 Å². The standard InChI is InChI=1S/C12H17BrFNO/c1-3-12(16-2)11(15)6-8-4-5-9(13)7-10(8)14/h4-5,7,11-12H,3,6,15H2,1-2H3. The zero-order valence-electron chi connectivity index (χ0n) is 9.54. The number of benzene rings is 1. The molecule has 0 aliphatic rings. The summed E-state index contributed by atoms with van der Waals surface area (Å²) in [5.41, 5.74) is 6.61. The van der Waals surface area contributed by atoms with Gasteiger partial charge in [-0.3, -0.25) is 0 Å². The van der Waals surface area contributed by atoms with Crippen molar-refractivity contribution in [3.8, 4) is 0 Å². The van der Waals surface area contributed by atoms with E-state index < -0.39 is 0 Å². The summed E-state index contributed by atoms with van der Waals surface area (Å²) in [6, 6.07) is 4.85. The highest BCUT2D eigenvalue weighted by Gasteiger charge is 2.17. The molecule has 2 N–H and O–H groups in total. The summed E-state index contributed by atoms with van der Waals surface area (Å²) in [6.45, 7) is 2.01. The Morgan fingerprint density at radius 3 is 2.69 bits per heavy atom. The molecule has 4 heteroatoms. The number of hydrogen-bond acceptors (Lipinski definition) is 2. The van der Waals surface area contributed by atoms with Crippen molar-refractivity contribution in [3.63, 3.8) is 0 Å². The average molecular weight is 290 g/mol. The average Bonchev–Trinajstić information content (AvgIpc) is 2.24. The van der Waals surface area contributed by atoms with E-state index in [-0.39, 0.29) is 18.0 Å². The van der Waals surface area contributed by atoms with Crippen LogP contribution in [0.15, 0.2) is 22.7 Å². The van der Waals surface area contributed by atoms with Gasteiger partial charge in [-0.2, -0.15) is 0 Å². The molecule has 0 spiro atoms. The molecule has 2 nitrogen and oxygen atoms in total. The second-order valence-electron chi connectivity index (χ2n) is 3.79. The second kappa shape index (κ2) is 6.33. The molecule has 0 amide bonds. The molecule has 0 saturated carbocycles. The van der Waals surface area contributed by atoms with Crippen LogP contribution in [0.2, 0.25) is 0 Å². The number of methoxy groups -OCH3 is 1. The largest absolute Gasteiger partial charge is 0.380 e. The molecule has 1 rings (SSSR count). The Labute approximate surface area is 104 Å². The van der Waals surface area contributed by atoms with Gasteiger partial charge in [-0.25, -0.2) is 4.39 Å². The molecule has 16 heavy (non-hydrogen) atoms. The molecule has 2 unspecified atom stereocenters. The highest BCUT2D eigenvalue weighted by Crippen LogP contribution is 2.17. The van der Waals surface area contributed by atoms with Crippen molar-refractivity contribution in [2.45, 2.75) is 31.9 Å². The summed E-state index contributed by atoms with van der Waals surface area (Å²) in [5.74, 6) is -0.226. The molecular formula is C12H17BrFNO. The first-order valence-corrected chi connectivity index (χ1v) is 6.10. The van der Waals surface area contributed by atoms with Crippen molar-refractivity contribution >= 4 is 15.9 Å². The Bertz CT molecular complexity index is 342. The molecule has 0 aliphatic heterocycles. The van der Waals surface area contributed by atoms with Gasteiger partial charge in [0.05, 0.1) is 6.10 Å². The summed E-state index contributed by atoms with van der Waals surface area (Å²) in [7, 11) is 1.63. The predicted molar refractivity (Wildman–Crippen MR) is 66.9 cm³/mol. The minimum atomic E-state index is -0.226. The van der Waals surface area contributed by atoms with Gasteiger partial charge >= 0.3 is 0 Å². The Morgan fingerprint density at radius 2 is 2.19 bits per heavy atom. The van der Waals surface area contributed by atoms with Crippen LogP contribution in [0.1, 0.15) is 18.9 Å². The van der Waals surface area contributed by atoms with Crippen LogP contribution in [0.5, 0.6) is 0 Å². The SMILES string of the molecule is CCC(OC)C(N)Cc1ccc(Br)cc1F. The van der Waals surface area contributed by atoms with Crippen LogP contribution in [0.4, 0.5) is 4.39 Å². The fourth-order valence-electron chi connectivity index (χ4n) is 1.72. The van der Waals surface area contributed by atoms with Gasteiger partial charge in [0.2, 0.25) is 0 Å². The first-order valence-electron chi connectivity index (χ1n) is 5.30. The molecule has 0 saturated heterocycles. The highest BCUT2D eigenvalue weighted by atomic mass is 79.9. The van der Waals surface area contributed by atoms with E-state index in [9.17, 15) is 4.39 Å². The third-order valence-electron chi connectivity index (χ3n) is 2.65. The predicted octanol–water partition coefficient (Wildman–Crippen LogP) is 2.88. The fraction of sp³-hybridized carbons (Fsp3) is 0.500. The van der Waals surface area contributed by atoms with Gasteiger partial charge < -0.3 is 10.5 Å². The lowest BCUT2D eigenvalue weighted by molar-refractivity contribution is 0.0771. The molecule has 0 aromatic heterocycles. The number of ether oxygens (including phenoxy) is 1. The molecular weight excluding hydrogens is 273 g/mol. The van der Waals surface area contributed by atoms with Crippen molar-refractivity contribution in [1.29, 1.82) is 0 Å².